The van der Waals surface area contributed by atoms with Gasteiger partial charge in [-0.1, -0.05) is 39.0 Å². The predicted octanol–water partition coefficient (Wildman–Crippen LogP) is 3.11. The Morgan fingerprint density at radius 1 is 1.09 bits per heavy atom. The van der Waals surface area contributed by atoms with Crippen molar-refractivity contribution in [1.29, 1.82) is 0 Å². The van der Waals surface area contributed by atoms with E-state index in [4.69, 9.17) is 0 Å². The van der Waals surface area contributed by atoms with Crippen LogP contribution in [0.4, 0.5) is 5.69 Å². The van der Waals surface area contributed by atoms with E-state index in [1.165, 1.54) is 0 Å². The summed E-state index contributed by atoms with van der Waals surface area (Å²) in [5, 5.41) is 6.13. The quantitative estimate of drug-likeness (QED) is 0.891. The van der Waals surface area contributed by atoms with Crippen LogP contribution in [0.5, 0.6) is 0 Å². The minimum absolute atomic E-state index is 0.00561. The van der Waals surface area contributed by atoms with Crippen LogP contribution in [0.2, 0.25) is 0 Å². The molecule has 0 aliphatic carbocycles. The second-order valence-electron chi connectivity index (χ2n) is 6.30. The lowest BCUT2D eigenvalue weighted by atomic mass is 9.86. The Morgan fingerprint density at radius 3 is 2.45 bits per heavy atom. The molecule has 0 bridgehead atoms. The van der Waals surface area contributed by atoms with Crippen molar-refractivity contribution < 1.29 is 4.79 Å². The van der Waals surface area contributed by atoms with Crippen molar-refractivity contribution in [2.75, 3.05) is 11.9 Å². The van der Waals surface area contributed by atoms with Crippen molar-refractivity contribution in [2.24, 2.45) is 0 Å². The Balaban J connectivity index is 1.90. The molecule has 4 nitrogen and oxygen atoms in total. The molecule has 0 aliphatic heterocycles. The van der Waals surface area contributed by atoms with E-state index in [2.05, 4.69) is 42.5 Å². The number of rotatable bonds is 5. The molecule has 0 aliphatic rings. The summed E-state index contributed by atoms with van der Waals surface area (Å²) >= 11 is 0. The highest BCUT2D eigenvalue weighted by molar-refractivity contribution is 5.93. The summed E-state index contributed by atoms with van der Waals surface area (Å²) in [5.74, 6) is -0.0363. The highest BCUT2D eigenvalue weighted by Gasteiger charge is 2.18. The SMILES string of the molecule is CC(C)(C)c1ccccc1NC(=O)CNCc1ccncc1. The van der Waals surface area contributed by atoms with Crippen LogP contribution >= 0.6 is 0 Å². The van der Waals surface area contributed by atoms with Gasteiger partial charge in [-0.3, -0.25) is 9.78 Å². The van der Waals surface area contributed by atoms with Crippen molar-refractivity contribution in [2.45, 2.75) is 32.7 Å². The molecule has 0 saturated heterocycles. The van der Waals surface area contributed by atoms with E-state index in [-0.39, 0.29) is 17.9 Å². The monoisotopic (exact) mass is 297 g/mol. The minimum atomic E-state index is -0.0363. The molecule has 0 saturated carbocycles. The van der Waals surface area contributed by atoms with E-state index in [9.17, 15) is 4.79 Å². The molecule has 1 amide bonds. The van der Waals surface area contributed by atoms with Gasteiger partial charge in [-0.15, -0.1) is 0 Å². The minimum Gasteiger partial charge on any atom is -0.325 e. The molecule has 0 unspecified atom stereocenters. The second-order valence-corrected chi connectivity index (χ2v) is 6.30. The first-order valence-corrected chi connectivity index (χ1v) is 7.46. The average molecular weight is 297 g/mol. The molecule has 1 heterocycles. The number of para-hydroxylation sites is 1. The first-order chi connectivity index (χ1) is 10.5. The molecule has 1 aromatic carbocycles. The van der Waals surface area contributed by atoms with Gasteiger partial charge in [-0.25, -0.2) is 0 Å². The third-order valence-electron chi connectivity index (χ3n) is 3.37. The molecule has 0 spiro atoms. The molecule has 22 heavy (non-hydrogen) atoms. The maximum Gasteiger partial charge on any atom is 0.238 e. The molecule has 1 aromatic heterocycles. The Bertz CT molecular complexity index is 618. The van der Waals surface area contributed by atoms with E-state index >= 15 is 0 Å². The van der Waals surface area contributed by atoms with Crippen molar-refractivity contribution in [3.63, 3.8) is 0 Å². The third kappa shape index (κ3) is 4.67. The number of nitrogens with one attached hydrogen (secondary N) is 2. The summed E-state index contributed by atoms with van der Waals surface area (Å²) in [4.78, 5) is 16.1. The van der Waals surface area contributed by atoms with Crippen LogP contribution in [-0.2, 0) is 16.8 Å². The zero-order valence-corrected chi connectivity index (χ0v) is 13.4. The third-order valence-corrected chi connectivity index (χ3v) is 3.37. The number of hydrogen-bond donors (Lipinski definition) is 2. The predicted molar refractivity (Wildman–Crippen MR) is 89.7 cm³/mol. The zero-order valence-electron chi connectivity index (χ0n) is 13.4. The fourth-order valence-electron chi connectivity index (χ4n) is 2.26. The summed E-state index contributed by atoms with van der Waals surface area (Å²) < 4.78 is 0. The van der Waals surface area contributed by atoms with Crippen LogP contribution in [0.1, 0.15) is 31.9 Å². The van der Waals surface area contributed by atoms with Crippen LogP contribution in [0.15, 0.2) is 48.8 Å². The lowest BCUT2D eigenvalue weighted by molar-refractivity contribution is -0.115. The highest BCUT2D eigenvalue weighted by Crippen LogP contribution is 2.29. The van der Waals surface area contributed by atoms with Gasteiger partial charge in [0.05, 0.1) is 6.54 Å². The summed E-state index contributed by atoms with van der Waals surface area (Å²) in [6, 6.07) is 11.8. The van der Waals surface area contributed by atoms with Gasteiger partial charge in [-0.2, -0.15) is 0 Å². The molecule has 4 heteroatoms. The lowest BCUT2D eigenvalue weighted by Crippen LogP contribution is -2.28. The Labute approximate surface area is 132 Å². The fourth-order valence-corrected chi connectivity index (χ4v) is 2.26. The fraction of sp³-hybridized carbons (Fsp3) is 0.333. The first kappa shape index (κ1) is 16.2. The van der Waals surface area contributed by atoms with E-state index in [1.54, 1.807) is 12.4 Å². The molecule has 116 valence electrons. The molecule has 2 rings (SSSR count). The van der Waals surface area contributed by atoms with Crippen molar-refractivity contribution in [3.8, 4) is 0 Å². The van der Waals surface area contributed by atoms with Gasteiger partial charge in [0.25, 0.3) is 0 Å². The number of hydrogen-bond acceptors (Lipinski definition) is 3. The van der Waals surface area contributed by atoms with Gasteiger partial charge in [-0.05, 0) is 34.7 Å². The number of nitrogens with zero attached hydrogens (tertiary/aromatic N) is 1. The summed E-state index contributed by atoms with van der Waals surface area (Å²) in [5.41, 5.74) is 3.12. The van der Waals surface area contributed by atoms with Crippen LogP contribution in [0.25, 0.3) is 0 Å². The molecule has 2 aromatic rings. The van der Waals surface area contributed by atoms with Gasteiger partial charge < -0.3 is 10.6 Å². The van der Waals surface area contributed by atoms with Gasteiger partial charge in [0.15, 0.2) is 0 Å². The van der Waals surface area contributed by atoms with Crippen LogP contribution < -0.4 is 10.6 Å². The Hall–Kier alpha value is -2.20. The Morgan fingerprint density at radius 2 is 1.77 bits per heavy atom. The summed E-state index contributed by atoms with van der Waals surface area (Å²) in [7, 11) is 0. The first-order valence-electron chi connectivity index (χ1n) is 7.46. The largest absolute Gasteiger partial charge is 0.325 e. The van der Waals surface area contributed by atoms with E-state index in [0.717, 1.165) is 16.8 Å². The summed E-state index contributed by atoms with van der Waals surface area (Å²) in [6.45, 7) is 7.34. The number of carbonyl (C=O) groups is 1. The lowest BCUT2D eigenvalue weighted by Gasteiger charge is -2.23. The molecule has 2 N–H and O–H groups in total. The Kier molecular flexibility index (Phi) is 5.28. The topological polar surface area (TPSA) is 54.0 Å². The highest BCUT2D eigenvalue weighted by atomic mass is 16.1. The van der Waals surface area contributed by atoms with E-state index in [1.807, 2.05) is 30.3 Å². The number of aromatic nitrogens is 1. The standard InChI is InChI=1S/C18H23N3O/c1-18(2,3)15-6-4-5-7-16(15)21-17(22)13-20-12-14-8-10-19-11-9-14/h4-11,20H,12-13H2,1-3H3,(H,21,22). The molecular formula is C18H23N3O. The van der Waals surface area contributed by atoms with Gasteiger partial charge in [0.2, 0.25) is 5.91 Å². The van der Waals surface area contributed by atoms with Gasteiger partial charge >= 0.3 is 0 Å². The van der Waals surface area contributed by atoms with Crippen LogP contribution in [0, 0.1) is 0 Å². The number of pyridine rings is 1. The zero-order chi connectivity index (χ0) is 16.0. The molecule has 0 fully saturated rings. The number of benzene rings is 1. The number of anilines is 1. The normalized spacial score (nSPS) is 11.2. The number of amides is 1. The molecular weight excluding hydrogens is 274 g/mol. The maximum atomic E-state index is 12.1. The molecule has 0 atom stereocenters. The summed E-state index contributed by atoms with van der Waals surface area (Å²) in [6.07, 6.45) is 3.49. The maximum absolute atomic E-state index is 12.1. The molecule has 0 radical (unpaired) electrons. The van der Waals surface area contributed by atoms with E-state index in [0.29, 0.717) is 6.54 Å². The number of carbonyl (C=O) groups excluding carboxylic acids is 1. The van der Waals surface area contributed by atoms with Gasteiger partial charge in [0, 0.05) is 24.6 Å². The van der Waals surface area contributed by atoms with Crippen LogP contribution in [-0.4, -0.2) is 17.4 Å². The van der Waals surface area contributed by atoms with Crippen LogP contribution in [0.3, 0.4) is 0 Å². The van der Waals surface area contributed by atoms with Gasteiger partial charge in [0.1, 0.15) is 0 Å². The van der Waals surface area contributed by atoms with Crippen molar-refractivity contribution >= 4 is 11.6 Å². The van der Waals surface area contributed by atoms with Crippen molar-refractivity contribution in [3.05, 3.63) is 59.9 Å². The smallest absolute Gasteiger partial charge is 0.238 e. The van der Waals surface area contributed by atoms with E-state index < -0.39 is 0 Å². The average Bonchev–Trinajstić information content (AvgIpc) is 2.48. The second kappa shape index (κ2) is 7.18. The van der Waals surface area contributed by atoms with Crippen molar-refractivity contribution in [1.82, 2.24) is 10.3 Å².